The molecule has 0 fully saturated rings. The van der Waals surface area contributed by atoms with Gasteiger partial charge in [0.05, 0.1) is 5.56 Å². The molecule has 0 N–H and O–H groups in total. The Kier molecular flexibility index (Phi) is 8.11. The maximum absolute atomic E-state index is 14.5. The van der Waals surface area contributed by atoms with E-state index in [1.54, 1.807) is 6.08 Å². The van der Waals surface area contributed by atoms with E-state index in [-0.39, 0.29) is 19.3 Å². The Labute approximate surface area is 166 Å². The van der Waals surface area contributed by atoms with Gasteiger partial charge in [0, 0.05) is 12.3 Å². The summed E-state index contributed by atoms with van der Waals surface area (Å²) >= 11 is 0. The van der Waals surface area contributed by atoms with Gasteiger partial charge in [-0.25, -0.2) is 13.2 Å². The number of hydrogen-bond donors (Lipinski definition) is 0. The molecule has 156 valence electrons. The predicted octanol–water partition coefficient (Wildman–Crippen LogP) is 7.37. The smallest absolute Gasteiger partial charge is 0.247 e. The molecule has 0 aliphatic heterocycles. The number of benzene rings is 2. The fraction of sp³-hybridized carbons (Fsp3) is 0.304. The molecule has 3 unspecified atom stereocenters. The summed E-state index contributed by atoms with van der Waals surface area (Å²) in [6.07, 6.45) is -2.51. The first kappa shape index (κ1) is 22.8. The lowest BCUT2D eigenvalue weighted by Gasteiger charge is -2.17. The monoisotopic (exact) mass is 412 g/mol. The van der Waals surface area contributed by atoms with Crippen LogP contribution in [0.5, 0.6) is 0 Å². The zero-order chi connectivity index (χ0) is 21.4. The molecular formula is C23H22F6. The summed E-state index contributed by atoms with van der Waals surface area (Å²) in [5.74, 6) is -1.11. The van der Waals surface area contributed by atoms with Crippen molar-refractivity contribution >= 4 is 0 Å². The second kappa shape index (κ2) is 10.3. The summed E-state index contributed by atoms with van der Waals surface area (Å²) in [7, 11) is 0. The average molecular weight is 412 g/mol. The number of hydrogen-bond acceptors (Lipinski definition) is 0. The maximum atomic E-state index is 14.5. The molecule has 0 aliphatic rings. The fourth-order valence-corrected chi connectivity index (χ4v) is 2.97. The van der Waals surface area contributed by atoms with E-state index in [2.05, 4.69) is 6.58 Å². The summed E-state index contributed by atoms with van der Waals surface area (Å²) in [5.41, 5.74) is 0.231. The Morgan fingerprint density at radius 3 is 2.07 bits per heavy atom. The standard InChI is InChI=1S/C23H22F6/c1-2-4-22(26)21(17-9-13-19(24)14-10-17)6-3-5-20(25)15-16-7-11-18(12-8-16)23(27,28)29/h2-3,6-14,20-22H,1,4-5,15H2. The van der Waals surface area contributed by atoms with Crippen molar-refractivity contribution < 1.29 is 26.3 Å². The van der Waals surface area contributed by atoms with Crippen LogP contribution in [0.15, 0.2) is 73.3 Å². The number of rotatable bonds is 9. The van der Waals surface area contributed by atoms with E-state index >= 15 is 0 Å². The van der Waals surface area contributed by atoms with Crippen LogP contribution in [0, 0.1) is 5.82 Å². The van der Waals surface area contributed by atoms with Crippen LogP contribution in [0.25, 0.3) is 0 Å². The largest absolute Gasteiger partial charge is 0.416 e. The minimum atomic E-state index is -4.43. The quantitative estimate of drug-likeness (QED) is 0.298. The molecule has 0 radical (unpaired) electrons. The van der Waals surface area contributed by atoms with Gasteiger partial charge in [0.15, 0.2) is 0 Å². The lowest BCUT2D eigenvalue weighted by atomic mass is 9.91. The van der Waals surface area contributed by atoms with Crippen molar-refractivity contribution in [2.45, 2.75) is 43.7 Å². The van der Waals surface area contributed by atoms with Gasteiger partial charge in [0.1, 0.15) is 18.2 Å². The minimum absolute atomic E-state index is 0.0144. The highest BCUT2D eigenvalue weighted by Gasteiger charge is 2.30. The molecule has 0 aliphatic carbocycles. The summed E-state index contributed by atoms with van der Waals surface area (Å²) in [5, 5.41) is 0. The molecule has 0 saturated carbocycles. The molecule has 0 aromatic heterocycles. The lowest BCUT2D eigenvalue weighted by molar-refractivity contribution is -0.137. The van der Waals surface area contributed by atoms with Gasteiger partial charge >= 0.3 is 6.18 Å². The third kappa shape index (κ3) is 7.11. The highest BCUT2D eigenvalue weighted by atomic mass is 19.4. The van der Waals surface area contributed by atoms with Crippen molar-refractivity contribution in [1.29, 1.82) is 0 Å². The normalized spacial score (nSPS) is 15.2. The summed E-state index contributed by atoms with van der Waals surface area (Å²) in [6.45, 7) is 3.51. The lowest BCUT2D eigenvalue weighted by Crippen LogP contribution is -2.12. The Morgan fingerprint density at radius 2 is 1.52 bits per heavy atom. The molecular weight excluding hydrogens is 390 g/mol. The Morgan fingerprint density at radius 1 is 0.897 bits per heavy atom. The van der Waals surface area contributed by atoms with Gasteiger partial charge in [-0.3, -0.25) is 0 Å². The van der Waals surface area contributed by atoms with Gasteiger partial charge in [-0.05, 0) is 48.2 Å². The van der Waals surface area contributed by atoms with Crippen molar-refractivity contribution in [3.63, 3.8) is 0 Å². The first-order valence-corrected chi connectivity index (χ1v) is 9.18. The van der Waals surface area contributed by atoms with Crippen molar-refractivity contribution in [2.24, 2.45) is 0 Å². The molecule has 0 heterocycles. The molecule has 0 nitrogen and oxygen atoms in total. The topological polar surface area (TPSA) is 0 Å². The van der Waals surface area contributed by atoms with Gasteiger partial charge in [0.25, 0.3) is 0 Å². The zero-order valence-electron chi connectivity index (χ0n) is 15.7. The van der Waals surface area contributed by atoms with Gasteiger partial charge in [-0.2, -0.15) is 13.2 Å². The van der Waals surface area contributed by atoms with E-state index in [1.807, 2.05) is 0 Å². The Bertz CT molecular complexity index is 790. The summed E-state index contributed by atoms with van der Waals surface area (Å²) in [6, 6.07) is 9.78. The second-order valence-corrected chi connectivity index (χ2v) is 6.78. The van der Waals surface area contributed by atoms with Crippen LogP contribution >= 0.6 is 0 Å². The van der Waals surface area contributed by atoms with Crippen LogP contribution in [0.1, 0.15) is 35.4 Å². The van der Waals surface area contributed by atoms with Gasteiger partial charge in [0.2, 0.25) is 0 Å². The van der Waals surface area contributed by atoms with E-state index in [9.17, 15) is 26.3 Å². The number of halogens is 6. The average Bonchev–Trinajstić information content (AvgIpc) is 2.66. The molecule has 2 aromatic rings. The SMILES string of the molecule is C=CCC(F)C(C=CCC(F)Cc1ccc(C(F)(F)F)cc1)c1ccc(F)cc1. The van der Waals surface area contributed by atoms with Crippen LogP contribution in [0.2, 0.25) is 0 Å². The first-order chi connectivity index (χ1) is 13.7. The minimum Gasteiger partial charge on any atom is -0.247 e. The van der Waals surface area contributed by atoms with Crippen molar-refractivity contribution in [2.75, 3.05) is 0 Å². The highest BCUT2D eigenvalue weighted by molar-refractivity contribution is 5.27. The number of allylic oxidation sites excluding steroid dienone is 3. The van der Waals surface area contributed by atoms with Crippen molar-refractivity contribution in [1.82, 2.24) is 0 Å². The summed E-state index contributed by atoms with van der Waals surface area (Å²) < 4.78 is 79.5. The molecule has 0 spiro atoms. The van der Waals surface area contributed by atoms with Crippen LogP contribution in [0.3, 0.4) is 0 Å². The Hall–Kier alpha value is -2.50. The van der Waals surface area contributed by atoms with Gasteiger partial charge in [-0.15, -0.1) is 6.58 Å². The molecule has 2 rings (SSSR count). The maximum Gasteiger partial charge on any atom is 0.416 e. The second-order valence-electron chi connectivity index (χ2n) is 6.78. The van der Waals surface area contributed by atoms with Gasteiger partial charge in [-0.1, -0.05) is 42.5 Å². The highest BCUT2D eigenvalue weighted by Crippen LogP contribution is 2.30. The zero-order valence-corrected chi connectivity index (χ0v) is 15.7. The van der Waals surface area contributed by atoms with E-state index in [0.717, 1.165) is 12.1 Å². The van der Waals surface area contributed by atoms with Crippen LogP contribution < -0.4 is 0 Å². The van der Waals surface area contributed by atoms with E-state index in [0.29, 0.717) is 11.1 Å². The van der Waals surface area contributed by atoms with Gasteiger partial charge < -0.3 is 0 Å². The van der Waals surface area contributed by atoms with Crippen LogP contribution in [-0.4, -0.2) is 12.3 Å². The van der Waals surface area contributed by atoms with Crippen molar-refractivity contribution in [3.05, 3.63) is 95.8 Å². The summed E-state index contributed by atoms with van der Waals surface area (Å²) in [4.78, 5) is 0. The Balaban J connectivity index is 2.00. The molecule has 3 atom stereocenters. The van der Waals surface area contributed by atoms with E-state index in [4.69, 9.17) is 0 Å². The molecule has 29 heavy (non-hydrogen) atoms. The fourth-order valence-electron chi connectivity index (χ4n) is 2.97. The third-order valence-electron chi connectivity index (χ3n) is 4.51. The third-order valence-corrected chi connectivity index (χ3v) is 4.51. The van der Waals surface area contributed by atoms with Crippen LogP contribution in [-0.2, 0) is 12.6 Å². The molecule has 2 aromatic carbocycles. The molecule has 6 heteroatoms. The van der Waals surface area contributed by atoms with Crippen LogP contribution in [0.4, 0.5) is 26.3 Å². The predicted molar refractivity (Wildman–Crippen MR) is 103 cm³/mol. The first-order valence-electron chi connectivity index (χ1n) is 9.18. The number of alkyl halides is 5. The molecule has 0 saturated heterocycles. The molecule has 0 amide bonds. The molecule has 0 bridgehead atoms. The van der Waals surface area contributed by atoms with E-state index in [1.165, 1.54) is 48.6 Å². The van der Waals surface area contributed by atoms with E-state index < -0.39 is 35.8 Å². The van der Waals surface area contributed by atoms with Crippen molar-refractivity contribution in [3.8, 4) is 0 Å².